The Balaban J connectivity index is 1.86. The molecular weight excluding hydrogens is 270 g/mol. The molecule has 0 spiro atoms. The van der Waals surface area contributed by atoms with Crippen LogP contribution in [0.2, 0.25) is 0 Å². The minimum Gasteiger partial charge on any atom is -0.423 e. The van der Waals surface area contributed by atoms with Gasteiger partial charge in [0.05, 0.1) is 11.3 Å². The molecule has 7 heteroatoms. The molecule has 0 unspecified atom stereocenters. The highest BCUT2D eigenvalue weighted by atomic mass is 16.4. The molecule has 1 amide bonds. The molecule has 0 saturated carbocycles. The number of nitrogens with zero attached hydrogens (tertiary/aromatic N) is 3. The standard InChI is InChI=1S/C14H13N5O2/c1-8-12(9(2)18-17-8)13(20)16-11-5-3-4-10(6-11)14-19-15-7-21-14/h3-7H,1-2H3,(H,16,20)(H,17,18). The smallest absolute Gasteiger partial charge is 0.259 e. The van der Waals surface area contributed by atoms with E-state index in [9.17, 15) is 4.79 Å². The maximum Gasteiger partial charge on any atom is 0.259 e. The van der Waals surface area contributed by atoms with Gasteiger partial charge in [-0.2, -0.15) is 5.10 Å². The van der Waals surface area contributed by atoms with E-state index in [0.717, 1.165) is 11.3 Å². The normalized spacial score (nSPS) is 10.6. The number of anilines is 1. The molecule has 0 aliphatic rings. The first kappa shape index (κ1) is 13.0. The number of carbonyl (C=O) groups excluding carboxylic acids is 1. The maximum absolute atomic E-state index is 12.3. The molecule has 3 rings (SSSR count). The van der Waals surface area contributed by atoms with Crippen LogP contribution in [0.4, 0.5) is 5.69 Å². The number of nitrogens with one attached hydrogen (secondary N) is 2. The number of carbonyl (C=O) groups is 1. The van der Waals surface area contributed by atoms with Crippen molar-refractivity contribution in [1.82, 2.24) is 20.4 Å². The van der Waals surface area contributed by atoms with Crippen molar-refractivity contribution < 1.29 is 9.21 Å². The van der Waals surface area contributed by atoms with Crippen molar-refractivity contribution in [3.05, 3.63) is 47.6 Å². The van der Waals surface area contributed by atoms with Crippen LogP contribution in [0.1, 0.15) is 21.7 Å². The van der Waals surface area contributed by atoms with Crippen LogP contribution in [0, 0.1) is 13.8 Å². The minimum absolute atomic E-state index is 0.207. The van der Waals surface area contributed by atoms with Gasteiger partial charge in [-0.15, -0.1) is 10.2 Å². The van der Waals surface area contributed by atoms with E-state index in [4.69, 9.17) is 4.42 Å². The first-order valence-electron chi connectivity index (χ1n) is 6.34. The van der Waals surface area contributed by atoms with Crippen LogP contribution in [-0.2, 0) is 0 Å². The predicted octanol–water partition coefficient (Wildman–Crippen LogP) is 2.33. The van der Waals surface area contributed by atoms with E-state index < -0.39 is 0 Å². The Labute approximate surface area is 120 Å². The molecule has 0 bridgehead atoms. The van der Waals surface area contributed by atoms with Gasteiger partial charge in [0.2, 0.25) is 12.3 Å². The summed E-state index contributed by atoms with van der Waals surface area (Å²) in [5.74, 6) is 0.197. The third-order valence-corrected chi connectivity index (χ3v) is 3.08. The van der Waals surface area contributed by atoms with Gasteiger partial charge in [-0.05, 0) is 32.0 Å². The Kier molecular flexibility index (Phi) is 3.23. The molecular formula is C14H13N5O2. The summed E-state index contributed by atoms with van der Waals surface area (Å²) in [5, 5.41) is 17.1. The number of hydrogen-bond donors (Lipinski definition) is 2. The highest BCUT2D eigenvalue weighted by Crippen LogP contribution is 2.21. The van der Waals surface area contributed by atoms with Gasteiger partial charge in [-0.25, -0.2) is 0 Å². The van der Waals surface area contributed by atoms with E-state index in [0.29, 0.717) is 22.8 Å². The number of aromatic amines is 1. The van der Waals surface area contributed by atoms with E-state index in [-0.39, 0.29) is 5.91 Å². The van der Waals surface area contributed by atoms with Crippen molar-refractivity contribution in [2.24, 2.45) is 0 Å². The summed E-state index contributed by atoms with van der Waals surface area (Å²) >= 11 is 0. The number of aryl methyl sites for hydroxylation is 2. The number of aromatic nitrogens is 4. The zero-order valence-corrected chi connectivity index (χ0v) is 11.5. The Morgan fingerprint density at radius 3 is 2.86 bits per heavy atom. The van der Waals surface area contributed by atoms with E-state index in [2.05, 4.69) is 25.7 Å². The Morgan fingerprint density at radius 2 is 2.19 bits per heavy atom. The highest BCUT2D eigenvalue weighted by Gasteiger charge is 2.15. The van der Waals surface area contributed by atoms with Crippen molar-refractivity contribution in [2.45, 2.75) is 13.8 Å². The summed E-state index contributed by atoms with van der Waals surface area (Å²) in [6.07, 6.45) is 1.26. The van der Waals surface area contributed by atoms with Gasteiger partial charge in [0.1, 0.15) is 0 Å². The lowest BCUT2D eigenvalue weighted by atomic mass is 10.1. The average molecular weight is 283 g/mol. The lowest BCUT2D eigenvalue weighted by Gasteiger charge is -2.06. The molecule has 0 saturated heterocycles. The van der Waals surface area contributed by atoms with Gasteiger partial charge in [0.25, 0.3) is 5.91 Å². The summed E-state index contributed by atoms with van der Waals surface area (Å²) in [6.45, 7) is 3.59. The molecule has 2 N–H and O–H groups in total. The van der Waals surface area contributed by atoms with Crippen LogP contribution >= 0.6 is 0 Å². The second kappa shape index (κ2) is 5.20. The Hall–Kier alpha value is -2.96. The molecule has 0 aliphatic carbocycles. The third-order valence-electron chi connectivity index (χ3n) is 3.08. The second-order valence-corrected chi connectivity index (χ2v) is 4.59. The van der Waals surface area contributed by atoms with E-state index >= 15 is 0 Å². The first-order valence-corrected chi connectivity index (χ1v) is 6.34. The van der Waals surface area contributed by atoms with Crippen LogP contribution < -0.4 is 5.32 Å². The van der Waals surface area contributed by atoms with Crippen molar-refractivity contribution in [3.63, 3.8) is 0 Å². The lowest BCUT2D eigenvalue weighted by Crippen LogP contribution is -2.13. The van der Waals surface area contributed by atoms with Crippen LogP contribution in [0.3, 0.4) is 0 Å². The zero-order valence-electron chi connectivity index (χ0n) is 11.5. The van der Waals surface area contributed by atoms with E-state index in [1.807, 2.05) is 19.1 Å². The van der Waals surface area contributed by atoms with Crippen molar-refractivity contribution in [2.75, 3.05) is 5.32 Å². The van der Waals surface area contributed by atoms with Gasteiger partial charge < -0.3 is 9.73 Å². The molecule has 1 aromatic carbocycles. The fourth-order valence-electron chi connectivity index (χ4n) is 2.11. The molecule has 106 valence electrons. The summed E-state index contributed by atoms with van der Waals surface area (Å²) in [4.78, 5) is 12.3. The second-order valence-electron chi connectivity index (χ2n) is 4.59. The monoisotopic (exact) mass is 283 g/mol. The largest absolute Gasteiger partial charge is 0.423 e. The maximum atomic E-state index is 12.3. The van der Waals surface area contributed by atoms with Gasteiger partial charge in [-0.1, -0.05) is 6.07 Å². The molecule has 2 heterocycles. The summed E-state index contributed by atoms with van der Waals surface area (Å²) in [6, 6.07) is 7.21. The van der Waals surface area contributed by atoms with Crippen molar-refractivity contribution in [1.29, 1.82) is 0 Å². The van der Waals surface area contributed by atoms with Crippen LogP contribution in [0.15, 0.2) is 35.1 Å². The van der Waals surface area contributed by atoms with E-state index in [1.54, 1.807) is 19.1 Å². The third kappa shape index (κ3) is 2.53. The molecule has 0 fully saturated rings. The average Bonchev–Trinajstić information content (AvgIpc) is 3.09. The minimum atomic E-state index is -0.207. The molecule has 21 heavy (non-hydrogen) atoms. The molecule has 2 aromatic heterocycles. The highest BCUT2D eigenvalue weighted by molar-refractivity contribution is 6.06. The fraction of sp³-hybridized carbons (Fsp3) is 0.143. The van der Waals surface area contributed by atoms with Gasteiger partial charge in [-0.3, -0.25) is 9.89 Å². The van der Waals surface area contributed by atoms with Gasteiger partial charge >= 0.3 is 0 Å². The summed E-state index contributed by atoms with van der Waals surface area (Å²) in [5.41, 5.74) is 3.34. The summed E-state index contributed by atoms with van der Waals surface area (Å²) in [7, 11) is 0. The molecule has 3 aromatic rings. The fourth-order valence-corrected chi connectivity index (χ4v) is 2.11. The number of benzene rings is 1. The molecule has 7 nitrogen and oxygen atoms in total. The predicted molar refractivity (Wildman–Crippen MR) is 75.7 cm³/mol. The first-order chi connectivity index (χ1) is 10.1. The van der Waals surface area contributed by atoms with Crippen LogP contribution in [-0.4, -0.2) is 26.3 Å². The van der Waals surface area contributed by atoms with E-state index in [1.165, 1.54) is 6.39 Å². The van der Waals surface area contributed by atoms with Gasteiger partial charge in [0.15, 0.2) is 0 Å². The quantitative estimate of drug-likeness (QED) is 0.769. The number of H-pyrrole nitrogens is 1. The van der Waals surface area contributed by atoms with Crippen LogP contribution in [0.5, 0.6) is 0 Å². The molecule has 0 aliphatic heterocycles. The number of rotatable bonds is 3. The SMILES string of the molecule is Cc1n[nH]c(C)c1C(=O)Nc1cccc(-c2nnco2)c1. The lowest BCUT2D eigenvalue weighted by molar-refractivity contribution is 0.102. The van der Waals surface area contributed by atoms with Crippen LogP contribution in [0.25, 0.3) is 11.5 Å². The molecule has 0 radical (unpaired) electrons. The Morgan fingerprint density at radius 1 is 1.33 bits per heavy atom. The number of amides is 1. The Bertz CT molecular complexity index is 757. The molecule has 0 atom stereocenters. The summed E-state index contributed by atoms with van der Waals surface area (Å²) < 4.78 is 5.14. The zero-order chi connectivity index (χ0) is 14.8. The number of hydrogen-bond acceptors (Lipinski definition) is 5. The van der Waals surface area contributed by atoms with Crippen molar-refractivity contribution in [3.8, 4) is 11.5 Å². The van der Waals surface area contributed by atoms with Gasteiger partial charge in [0, 0.05) is 16.9 Å². The topological polar surface area (TPSA) is 96.7 Å². The van der Waals surface area contributed by atoms with Crippen molar-refractivity contribution >= 4 is 11.6 Å².